The molecule has 0 spiro atoms. The van der Waals surface area contributed by atoms with Crippen molar-refractivity contribution in [1.29, 1.82) is 0 Å². The first-order valence-electron chi connectivity index (χ1n) is 4.48. The Labute approximate surface area is 74.9 Å². The average Bonchev–Trinajstić information content (AvgIpc) is 2.04. The first kappa shape index (κ1) is 11.7. The second-order valence-corrected chi connectivity index (χ2v) is 3.74. The first-order valence-corrected chi connectivity index (χ1v) is 4.48. The highest BCUT2D eigenvalue weighted by Crippen LogP contribution is 2.16. The molecule has 0 saturated heterocycles. The Morgan fingerprint density at radius 2 is 2.17 bits per heavy atom. The van der Waals surface area contributed by atoms with Gasteiger partial charge in [-0.25, -0.2) is 0 Å². The van der Waals surface area contributed by atoms with E-state index >= 15 is 0 Å². The summed E-state index contributed by atoms with van der Waals surface area (Å²) in [5.74, 6) is 0.339. The fourth-order valence-electron chi connectivity index (χ4n) is 1.00. The van der Waals surface area contributed by atoms with Gasteiger partial charge in [-0.05, 0) is 32.1 Å². The molecule has 0 rings (SSSR count). The maximum atomic E-state index is 9.53. The summed E-state index contributed by atoms with van der Waals surface area (Å²) >= 11 is 0. The second kappa shape index (κ2) is 5.33. The molecule has 2 atom stereocenters. The summed E-state index contributed by atoms with van der Waals surface area (Å²) in [4.78, 5) is 0. The van der Waals surface area contributed by atoms with Gasteiger partial charge < -0.3 is 10.2 Å². The number of rotatable bonds is 6. The number of hydrogen-bond donors (Lipinski definition) is 2. The van der Waals surface area contributed by atoms with Crippen molar-refractivity contribution in [3.05, 3.63) is 12.7 Å². The Kier molecular flexibility index (Phi) is 5.18. The van der Waals surface area contributed by atoms with Crippen molar-refractivity contribution in [3.8, 4) is 0 Å². The topological polar surface area (TPSA) is 40.5 Å². The van der Waals surface area contributed by atoms with Crippen LogP contribution in [0, 0.1) is 5.92 Å². The molecule has 0 aliphatic heterocycles. The molecule has 2 heteroatoms. The Balaban J connectivity index is 3.49. The standard InChI is InChI=1S/C10H20O2/c1-4-10(3,12)7-5-6-9(2)8-11/h4,9,11-12H,1,5-8H2,2-3H3. The van der Waals surface area contributed by atoms with Gasteiger partial charge in [0.05, 0.1) is 5.60 Å². The minimum Gasteiger partial charge on any atom is -0.396 e. The predicted octanol–water partition coefficient (Wildman–Crippen LogP) is 1.72. The fourth-order valence-corrected chi connectivity index (χ4v) is 1.00. The lowest BCUT2D eigenvalue weighted by molar-refractivity contribution is 0.0958. The highest BCUT2D eigenvalue weighted by atomic mass is 16.3. The van der Waals surface area contributed by atoms with Crippen LogP contribution in [0.2, 0.25) is 0 Å². The van der Waals surface area contributed by atoms with Gasteiger partial charge in [-0.2, -0.15) is 0 Å². The molecule has 72 valence electrons. The smallest absolute Gasteiger partial charge is 0.0797 e. The Bertz CT molecular complexity index is 130. The summed E-state index contributed by atoms with van der Waals surface area (Å²) in [6, 6.07) is 0. The van der Waals surface area contributed by atoms with E-state index in [0.717, 1.165) is 19.3 Å². The zero-order chi connectivity index (χ0) is 9.61. The molecule has 0 fully saturated rings. The lowest BCUT2D eigenvalue weighted by Crippen LogP contribution is -2.20. The molecule has 0 saturated carbocycles. The normalized spacial score (nSPS) is 18.3. The Hall–Kier alpha value is -0.340. The van der Waals surface area contributed by atoms with Crippen LogP contribution in [0.3, 0.4) is 0 Å². The predicted molar refractivity (Wildman–Crippen MR) is 50.9 cm³/mol. The van der Waals surface area contributed by atoms with Gasteiger partial charge in [0.1, 0.15) is 0 Å². The summed E-state index contributed by atoms with van der Waals surface area (Å²) in [5.41, 5.74) is -0.741. The third-order valence-corrected chi connectivity index (χ3v) is 2.13. The van der Waals surface area contributed by atoms with E-state index in [1.807, 2.05) is 6.92 Å². The maximum Gasteiger partial charge on any atom is 0.0797 e. The molecule has 0 aromatic heterocycles. The van der Waals surface area contributed by atoms with Gasteiger partial charge in [0, 0.05) is 6.61 Å². The van der Waals surface area contributed by atoms with E-state index < -0.39 is 5.60 Å². The number of hydrogen-bond acceptors (Lipinski definition) is 2. The van der Waals surface area contributed by atoms with E-state index in [2.05, 4.69) is 6.58 Å². The van der Waals surface area contributed by atoms with Gasteiger partial charge in [0.2, 0.25) is 0 Å². The summed E-state index contributed by atoms with van der Waals surface area (Å²) < 4.78 is 0. The SMILES string of the molecule is C=CC(C)(O)CCCC(C)CO. The molecule has 0 amide bonds. The molecular formula is C10H20O2. The molecule has 0 heterocycles. The quantitative estimate of drug-likeness (QED) is 0.599. The van der Waals surface area contributed by atoms with Crippen molar-refractivity contribution >= 4 is 0 Å². The molecular weight excluding hydrogens is 152 g/mol. The van der Waals surface area contributed by atoms with E-state index in [1.54, 1.807) is 13.0 Å². The first-order chi connectivity index (χ1) is 5.52. The summed E-state index contributed by atoms with van der Waals surface area (Å²) in [5, 5.41) is 18.3. The third kappa shape index (κ3) is 5.33. The summed E-state index contributed by atoms with van der Waals surface area (Å²) in [6.07, 6.45) is 4.18. The van der Waals surface area contributed by atoms with E-state index in [-0.39, 0.29) is 6.61 Å². The van der Waals surface area contributed by atoms with Gasteiger partial charge in [-0.3, -0.25) is 0 Å². The molecule has 2 nitrogen and oxygen atoms in total. The minimum atomic E-state index is -0.741. The molecule has 2 unspecified atom stereocenters. The van der Waals surface area contributed by atoms with E-state index in [4.69, 9.17) is 5.11 Å². The van der Waals surface area contributed by atoms with Crippen molar-refractivity contribution in [2.75, 3.05) is 6.61 Å². The van der Waals surface area contributed by atoms with Crippen LogP contribution >= 0.6 is 0 Å². The molecule has 12 heavy (non-hydrogen) atoms. The zero-order valence-electron chi connectivity index (χ0n) is 8.08. The number of aliphatic hydroxyl groups is 2. The van der Waals surface area contributed by atoms with Gasteiger partial charge in [-0.15, -0.1) is 6.58 Å². The van der Waals surface area contributed by atoms with Crippen LogP contribution in [-0.4, -0.2) is 22.4 Å². The van der Waals surface area contributed by atoms with Crippen LogP contribution in [0.15, 0.2) is 12.7 Å². The van der Waals surface area contributed by atoms with E-state index in [9.17, 15) is 5.11 Å². The molecule has 0 radical (unpaired) electrons. The highest BCUT2D eigenvalue weighted by Gasteiger charge is 2.14. The second-order valence-electron chi connectivity index (χ2n) is 3.74. The van der Waals surface area contributed by atoms with Gasteiger partial charge in [0.15, 0.2) is 0 Å². The Morgan fingerprint density at radius 3 is 2.58 bits per heavy atom. The molecule has 0 bridgehead atoms. The molecule has 0 aliphatic carbocycles. The summed E-state index contributed by atoms with van der Waals surface area (Å²) in [7, 11) is 0. The van der Waals surface area contributed by atoms with Crippen LogP contribution in [0.25, 0.3) is 0 Å². The van der Waals surface area contributed by atoms with Gasteiger partial charge in [0.25, 0.3) is 0 Å². The highest BCUT2D eigenvalue weighted by molar-refractivity contribution is 4.91. The van der Waals surface area contributed by atoms with Crippen molar-refractivity contribution in [1.82, 2.24) is 0 Å². The zero-order valence-corrected chi connectivity index (χ0v) is 8.08. The molecule has 0 aliphatic rings. The van der Waals surface area contributed by atoms with Crippen LogP contribution in [0.5, 0.6) is 0 Å². The Morgan fingerprint density at radius 1 is 1.58 bits per heavy atom. The van der Waals surface area contributed by atoms with Crippen molar-refractivity contribution < 1.29 is 10.2 Å². The lowest BCUT2D eigenvalue weighted by Gasteiger charge is -2.18. The largest absolute Gasteiger partial charge is 0.396 e. The van der Waals surface area contributed by atoms with Crippen molar-refractivity contribution in [3.63, 3.8) is 0 Å². The van der Waals surface area contributed by atoms with Crippen LogP contribution in [-0.2, 0) is 0 Å². The van der Waals surface area contributed by atoms with Crippen molar-refractivity contribution in [2.24, 2.45) is 5.92 Å². The van der Waals surface area contributed by atoms with Gasteiger partial charge >= 0.3 is 0 Å². The van der Waals surface area contributed by atoms with Crippen LogP contribution < -0.4 is 0 Å². The van der Waals surface area contributed by atoms with Crippen LogP contribution in [0.4, 0.5) is 0 Å². The molecule has 2 N–H and O–H groups in total. The maximum absolute atomic E-state index is 9.53. The van der Waals surface area contributed by atoms with E-state index in [0.29, 0.717) is 5.92 Å². The van der Waals surface area contributed by atoms with Crippen LogP contribution in [0.1, 0.15) is 33.1 Å². The lowest BCUT2D eigenvalue weighted by atomic mass is 9.96. The van der Waals surface area contributed by atoms with E-state index in [1.165, 1.54) is 0 Å². The fraction of sp³-hybridized carbons (Fsp3) is 0.800. The average molecular weight is 172 g/mol. The number of aliphatic hydroxyl groups excluding tert-OH is 1. The van der Waals surface area contributed by atoms with Gasteiger partial charge in [-0.1, -0.05) is 13.0 Å². The third-order valence-electron chi connectivity index (χ3n) is 2.13. The molecule has 0 aromatic carbocycles. The van der Waals surface area contributed by atoms with Crippen molar-refractivity contribution in [2.45, 2.75) is 38.7 Å². The summed E-state index contributed by atoms with van der Waals surface area (Å²) in [6.45, 7) is 7.54. The minimum absolute atomic E-state index is 0.232. The monoisotopic (exact) mass is 172 g/mol. The molecule has 0 aromatic rings.